The van der Waals surface area contributed by atoms with Crippen molar-refractivity contribution in [1.29, 1.82) is 0 Å². The van der Waals surface area contributed by atoms with E-state index in [0.29, 0.717) is 10.2 Å². The molecular formula is C11H10N2O4S. The van der Waals surface area contributed by atoms with Crippen molar-refractivity contribution in [3.63, 3.8) is 0 Å². The Morgan fingerprint density at radius 2 is 2.11 bits per heavy atom. The number of carbonyl (C=O) groups excluding carboxylic acids is 1. The summed E-state index contributed by atoms with van der Waals surface area (Å²) in [6.07, 6.45) is 0. The number of nitro groups is 1. The van der Waals surface area contributed by atoms with E-state index in [1.165, 1.54) is 18.2 Å². The first-order chi connectivity index (χ1) is 8.41. The highest BCUT2D eigenvalue weighted by Gasteiger charge is 2.18. The fourth-order valence-corrected chi connectivity index (χ4v) is 2.50. The van der Waals surface area contributed by atoms with Crippen LogP contribution < -0.4 is 4.87 Å². The quantitative estimate of drug-likeness (QED) is 0.616. The highest BCUT2D eigenvalue weighted by molar-refractivity contribution is 7.16. The van der Waals surface area contributed by atoms with Crippen LogP contribution in [0, 0.1) is 16.0 Å². The second-order valence-electron chi connectivity index (χ2n) is 4.11. The van der Waals surface area contributed by atoms with E-state index in [4.69, 9.17) is 0 Å². The molecular weight excluding hydrogens is 256 g/mol. The number of carbonyl (C=O) groups is 1. The second kappa shape index (κ2) is 4.34. The first-order valence-corrected chi connectivity index (χ1v) is 6.07. The maximum atomic E-state index is 11.9. The normalized spacial score (nSPS) is 11.1. The first kappa shape index (κ1) is 12.4. The average molecular weight is 266 g/mol. The van der Waals surface area contributed by atoms with Crippen LogP contribution in [0.15, 0.2) is 23.0 Å². The van der Waals surface area contributed by atoms with Crippen molar-refractivity contribution in [3.8, 4) is 0 Å². The Labute approximate surface area is 106 Å². The molecule has 0 radical (unpaired) electrons. The third kappa shape index (κ3) is 1.92. The number of nitro benzene ring substituents is 1. The number of aromatic nitrogens is 1. The Bertz CT molecular complexity index is 699. The molecule has 1 heterocycles. The van der Waals surface area contributed by atoms with Gasteiger partial charge in [-0.15, -0.1) is 0 Å². The summed E-state index contributed by atoms with van der Waals surface area (Å²) in [7, 11) is 0. The number of fused-ring (bicyclic) bond motifs is 1. The molecule has 0 saturated carbocycles. The Morgan fingerprint density at radius 1 is 1.44 bits per heavy atom. The van der Waals surface area contributed by atoms with E-state index in [1.54, 1.807) is 13.8 Å². The van der Waals surface area contributed by atoms with Crippen LogP contribution in [-0.2, 0) is 0 Å². The summed E-state index contributed by atoms with van der Waals surface area (Å²) in [5.41, 5.74) is 0.335. The lowest BCUT2D eigenvalue weighted by Gasteiger charge is -2.04. The van der Waals surface area contributed by atoms with Gasteiger partial charge in [0.15, 0.2) is 0 Å². The molecule has 0 aliphatic carbocycles. The van der Waals surface area contributed by atoms with Gasteiger partial charge in [0, 0.05) is 18.1 Å². The van der Waals surface area contributed by atoms with Gasteiger partial charge in [-0.05, 0) is 6.07 Å². The van der Waals surface area contributed by atoms with Crippen molar-refractivity contribution >= 4 is 33.1 Å². The summed E-state index contributed by atoms with van der Waals surface area (Å²) in [5.74, 6) is -0.615. The summed E-state index contributed by atoms with van der Waals surface area (Å²) in [5, 5.41) is 10.6. The number of hydrogen-bond acceptors (Lipinski definition) is 5. The fourth-order valence-electron chi connectivity index (χ4n) is 1.59. The number of non-ortho nitro benzene ring substituents is 1. The zero-order valence-electron chi connectivity index (χ0n) is 9.75. The maximum absolute atomic E-state index is 11.9. The minimum absolute atomic E-state index is 0.0899. The van der Waals surface area contributed by atoms with Gasteiger partial charge >= 0.3 is 4.87 Å². The van der Waals surface area contributed by atoms with Crippen LogP contribution in [0.25, 0.3) is 10.2 Å². The Balaban J connectivity index is 2.70. The van der Waals surface area contributed by atoms with Gasteiger partial charge < -0.3 is 0 Å². The van der Waals surface area contributed by atoms with E-state index < -0.39 is 9.80 Å². The van der Waals surface area contributed by atoms with Crippen LogP contribution >= 0.6 is 11.3 Å². The predicted octanol–water partition coefficient (Wildman–Crippen LogP) is 2.27. The van der Waals surface area contributed by atoms with E-state index in [2.05, 4.69) is 0 Å². The molecule has 1 aromatic carbocycles. The van der Waals surface area contributed by atoms with Gasteiger partial charge in [-0.25, -0.2) is 4.57 Å². The highest BCUT2D eigenvalue weighted by Crippen LogP contribution is 2.23. The van der Waals surface area contributed by atoms with Gasteiger partial charge in [0.2, 0.25) is 5.91 Å². The summed E-state index contributed by atoms with van der Waals surface area (Å²) in [6, 6.07) is 4.04. The monoisotopic (exact) mass is 266 g/mol. The van der Waals surface area contributed by atoms with E-state index in [0.717, 1.165) is 15.9 Å². The largest absolute Gasteiger partial charge is 0.314 e. The van der Waals surface area contributed by atoms with E-state index >= 15 is 0 Å². The lowest BCUT2D eigenvalue weighted by atomic mass is 10.2. The van der Waals surface area contributed by atoms with Crippen LogP contribution in [0.3, 0.4) is 0 Å². The number of benzene rings is 1. The van der Waals surface area contributed by atoms with Gasteiger partial charge in [0.25, 0.3) is 5.69 Å². The molecule has 0 spiro atoms. The summed E-state index contributed by atoms with van der Waals surface area (Å²) in [6.45, 7) is 3.40. The predicted molar refractivity (Wildman–Crippen MR) is 68.2 cm³/mol. The number of rotatable bonds is 2. The van der Waals surface area contributed by atoms with Crippen molar-refractivity contribution in [3.05, 3.63) is 38.0 Å². The minimum atomic E-state index is -0.530. The third-order valence-corrected chi connectivity index (χ3v) is 3.39. The van der Waals surface area contributed by atoms with E-state index in [9.17, 15) is 19.7 Å². The first-order valence-electron chi connectivity index (χ1n) is 5.26. The van der Waals surface area contributed by atoms with Gasteiger partial charge in [-0.3, -0.25) is 19.7 Å². The Kier molecular flexibility index (Phi) is 3.00. The highest BCUT2D eigenvalue weighted by atomic mass is 32.1. The van der Waals surface area contributed by atoms with Gasteiger partial charge in [0.1, 0.15) is 0 Å². The fraction of sp³-hybridized carbons (Fsp3) is 0.273. The molecule has 0 bridgehead atoms. The lowest BCUT2D eigenvalue weighted by molar-refractivity contribution is -0.384. The van der Waals surface area contributed by atoms with Crippen molar-refractivity contribution in [1.82, 2.24) is 4.57 Å². The molecule has 0 fully saturated rings. The van der Waals surface area contributed by atoms with E-state index in [-0.39, 0.29) is 17.5 Å². The van der Waals surface area contributed by atoms with Crippen molar-refractivity contribution in [2.24, 2.45) is 5.92 Å². The number of hydrogen-bond donors (Lipinski definition) is 0. The number of nitrogens with zero attached hydrogens (tertiary/aromatic N) is 2. The van der Waals surface area contributed by atoms with E-state index in [1.807, 2.05) is 0 Å². The summed E-state index contributed by atoms with van der Waals surface area (Å²) in [4.78, 5) is 33.3. The van der Waals surface area contributed by atoms with Crippen molar-refractivity contribution in [2.45, 2.75) is 13.8 Å². The molecule has 0 unspecified atom stereocenters. The molecule has 0 aliphatic rings. The third-order valence-electron chi connectivity index (χ3n) is 2.49. The standard InChI is InChI=1S/C11H10N2O4S/c1-6(2)10(14)12-8-4-3-7(13(16)17)5-9(8)18-11(12)15/h3-6H,1-2H3. The van der Waals surface area contributed by atoms with Crippen molar-refractivity contribution < 1.29 is 9.72 Å². The Morgan fingerprint density at radius 3 is 2.67 bits per heavy atom. The minimum Gasteiger partial charge on any atom is -0.274 e. The zero-order chi connectivity index (χ0) is 13.4. The zero-order valence-corrected chi connectivity index (χ0v) is 10.6. The van der Waals surface area contributed by atoms with Crippen LogP contribution in [0.5, 0.6) is 0 Å². The Hall–Kier alpha value is -2.02. The molecule has 0 amide bonds. The van der Waals surface area contributed by atoms with Crippen LogP contribution in [0.4, 0.5) is 5.69 Å². The second-order valence-corrected chi connectivity index (χ2v) is 5.10. The topological polar surface area (TPSA) is 82.2 Å². The summed E-state index contributed by atoms with van der Waals surface area (Å²) >= 11 is 0.838. The van der Waals surface area contributed by atoms with Crippen LogP contribution in [-0.4, -0.2) is 15.4 Å². The van der Waals surface area contributed by atoms with Crippen LogP contribution in [0.2, 0.25) is 0 Å². The molecule has 1 aromatic heterocycles. The SMILES string of the molecule is CC(C)C(=O)n1c(=O)sc2cc([N+](=O)[O-])ccc21. The molecule has 2 rings (SSSR count). The molecule has 7 heteroatoms. The molecule has 6 nitrogen and oxygen atoms in total. The summed E-state index contributed by atoms with van der Waals surface area (Å²) < 4.78 is 1.53. The molecule has 18 heavy (non-hydrogen) atoms. The maximum Gasteiger partial charge on any atom is 0.314 e. The molecule has 0 aliphatic heterocycles. The lowest BCUT2D eigenvalue weighted by Crippen LogP contribution is -2.25. The molecule has 94 valence electrons. The van der Waals surface area contributed by atoms with Gasteiger partial charge in [0.05, 0.1) is 15.1 Å². The number of thiazole rings is 1. The van der Waals surface area contributed by atoms with Crippen molar-refractivity contribution in [2.75, 3.05) is 0 Å². The van der Waals surface area contributed by atoms with Gasteiger partial charge in [-0.2, -0.15) is 0 Å². The molecule has 0 atom stereocenters. The smallest absolute Gasteiger partial charge is 0.274 e. The molecule has 0 N–H and O–H groups in total. The average Bonchev–Trinajstić information content (AvgIpc) is 2.62. The molecule has 0 saturated heterocycles. The molecule has 2 aromatic rings. The van der Waals surface area contributed by atoms with Crippen LogP contribution in [0.1, 0.15) is 18.6 Å². The van der Waals surface area contributed by atoms with Gasteiger partial charge in [-0.1, -0.05) is 25.2 Å².